The average Bonchev–Trinajstić information content (AvgIpc) is 2.71. The van der Waals surface area contributed by atoms with Crippen molar-refractivity contribution in [2.75, 3.05) is 17.2 Å². The van der Waals surface area contributed by atoms with Crippen molar-refractivity contribution in [2.24, 2.45) is 0 Å². The molecule has 2 N–H and O–H groups in total. The van der Waals surface area contributed by atoms with Crippen LogP contribution in [0.15, 0.2) is 36.4 Å². The Morgan fingerprint density at radius 2 is 2.06 bits per heavy atom. The standard InChI is InChI=1S/C13H12ClN3/c14-12-7-10(15)8-13(16-12)17-6-5-9-3-1-2-4-11(9)17/h1-4,7-8H,5-6H2,(H2,15,16). The van der Waals surface area contributed by atoms with E-state index in [0.717, 1.165) is 18.8 Å². The Hall–Kier alpha value is -1.74. The van der Waals surface area contributed by atoms with Crippen LogP contribution in [0.2, 0.25) is 5.15 Å². The number of rotatable bonds is 1. The van der Waals surface area contributed by atoms with Gasteiger partial charge in [0.2, 0.25) is 0 Å². The zero-order valence-electron chi connectivity index (χ0n) is 9.23. The summed E-state index contributed by atoms with van der Waals surface area (Å²) in [6.45, 7) is 0.923. The summed E-state index contributed by atoms with van der Waals surface area (Å²) >= 11 is 5.94. The molecule has 0 amide bonds. The minimum Gasteiger partial charge on any atom is -0.399 e. The number of para-hydroxylation sites is 1. The Kier molecular flexibility index (Phi) is 2.41. The van der Waals surface area contributed by atoms with Crippen LogP contribution in [0.3, 0.4) is 0 Å². The van der Waals surface area contributed by atoms with Gasteiger partial charge in [0.15, 0.2) is 0 Å². The lowest BCUT2D eigenvalue weighted by atomic mass is 10.2. The van der Waals surface area contributed by atoms with Gasteiger partial charge in [-0.25, -0.2) is 4.98 Å². The first kappa shape index (κ1) is 10.4. The summed E-state index contributed by atoms with van der Waals surface area (Å²) in [5.74, 6) is 0.819. The van der Waals surface area contributed by atoms with Crippen LogP contribution >= 0.6 is 11.6 Å². The summed E-state index contributed by atoms with van der Waals surface area (Å²) < 4.78 is 0. The van der Waals surface area contributed by atoms with Crippen LogP contribution in [0.1, 0.15) is 5.56 Å². The maximum absolute atomic E-state index is 5.94. The summed E-state index contributed by atoms with van der Waals surface area (Å²) in [5.41, 5.74) is 8.98. The van der Waals surface area contributed by atoms with Crippen molar-refractivity contribution in [3.63, 3.8) is 0 Å². The second-order valence-corrected chi connectivity index (χ2v) is 4.50. The first-order valence-electron chi connectivity index (χ1n) is 5.52. The van der Waals surface area contributed by atoms with Crippen molar-refractivity contribution in [3.8, 4) is 0 Å². The van der Waals surface area contributed by atoms with E-state index in [1.807, 2.05) is 12.1 Å². The molecule has 0 radical (unpaired) electrons. The largest absolute Gasteiger partial charge is 0.399 e. The van der Waals surface area contributed by atoms with Crippen molar-refractivity contribution >= 4 is 28.8 Å². The Bertz CT molecular complexity index is 548. The molecule has 17 heavy (non-hydrogen) atoms. The number of hydrogen-bond donors (Lipinski definition) is 1. The van der Waals surface area contributed by atoms with Crippen molar-refractivity contribution in [1.29, 1.82) is 0 Å². The lowest BCUT2D eigenvalue weighted by Crippen LogP contribution is -2.15. The zero-order chi connectivity index (χ0) is 11.8. The van der Waals surface area contributed by atoms with Crippen LogP contribution < -0.4 is 10.6 Å². The van der Waals surface area contributed by atoms with E-state index < -0.39 is 0 Å². The predicted molar refractivity (Wildman–Crippen MR) is 70.8 cm³/mol. The number of nitrogens with two attached hydrogens (primary N) is 1. The van der Waals surface area contributed by atoms with Crippen LogP contribution in [0, 0.1) is 0 Å². The highest BCUT2D eigenvalue weighted by atomic mass is 35.5. The molecule has 1 aromatic carbocycles. The van der Waals surface area contributed by atoms with E-state index in [0.29, 0.717) is 10.8 Å². The lowest BCUT2D eigenvalue weighted by Gasteiger charge is -2.18. The maximum atomic E-state index is 5.94. The van der Waals surface area contributed by atoms with Gasteiger partial charge in [-0.3, -0.25) is 0 Å². The molecule has 3 nitrogen and oxygen atoms in total. The van der Waals surface area contributed by atoms with Gasteiger partial charge in [0, 0.05) is 24.0 Å². The average molecular weight is 246 g/mol. The number of pyridine rings is 1. The molecule has 3 rings (SSSR count). The third-order valence-electron chi connectivity index (χ3n) is 2.97. The highest BCUT2D eigenvalue weighted by Gasteiger charge is 2.21. The molecule has 0 bridgehead atoms. The number of fused-ring (bicyclic) bond motifs is 1. The molecule has 1 aliphatic heterocycles. The van der Waals surface area contributed by atoms with Crippen LogP contribution in [-0.4, -0.2) is 11.5 Å². The predicted octanol–water partition coefficient (Wildman–Crippen LogP) is 3.01. The lowest BCUT2D eigenvalue weighted by molar-refractivity contribution is 0.975. The molecule has 1 aliphatic rings. The fourth-order valence-corrected chi connectivity index (χ4v) is 2.43. The van der Waals surface area contributed by atoms with Gasteiger partial charge in [-0.15, -0.1) is 0 Å². The van der Waals surface area contributed by atoms with Gasteiger partial charge in [-0.1, -0.05) is 29.8 Å². The topological polar surface area (TPSA) is 42.1 Å². The second kappa shape index (κ2) is 3.93. The maximum Gasteiger partial charge on any atom is 0.136 e. The van der Waals surface area contributed by atoms with Crippen molar-refractivity contribution < 1.29 is 0 Å². The Morgan fingerprint density at radius 3 is 2.88 bits per heavy atom. The third kappa shape index (κ3) is 1.83. The highest BCUT2D eigenvalue weighted by molar-refractivity contribution is 6.29. The zero-order valence-corrected chi connectivity index (χ0v) is 9.98. The van der Waals surface area contributed by atoms with Crippen molar-refractivity contribution in [1.82, 2.24) is 4.98 Å². The van der Waals surface area contributed by atoms with E-state index in [1.165, 1.54) is 11.3 Å². The molecular formula is C13H12ClN3. The number of nitrogen functional groups attached to an aromatic ring is 1. The second-order valence-electron chi connectivity index (χ2n) is 4.11. The molecule has 2 aromatic rings. The van der Waals surface area contributed by atoms with E-state index in [4.69, 9.17) is 17.3 Å². The molecule has 0 unspecified atom stereocenters. The summed E-state index contributed by atoms with van der Waals surface area (Å²) in [5, 5.41) is 0.435. The number of halogens is 1. The Labute approximate surface area is 105 Å². The summed E-state index contributed by atoms with van der Waals surface area (Å²) in [6, 6.07) is 11.8. The van der Waals surface area contributed by atoms with Crippen molar-refractivity contribution in [2.45, 2.75) is 6.42 Å². The third-order valence-corrected chi connectivity index (χ3v) is 3.16. The molecule has 4 heteroatoms. The number of anilines is 3. The molecular weight excluding hydrogens is 234 g/mol. The molecule has 0 spiro atoms. The van der Waals surface area contributed by atoms with Gasteiger partial charge in [0.05, 0.1) is 0 Å². The fourth-order valence-electron chi connectivity index (χ4n) is 2.22. The summed E-state index contributed by atoms with van der Waals surface area (Å²) in [7, 11) is 0. The molecule has 0 fully saturated rings. The Morgan fingerprint density at radius 1 is 1.24 bits per heavy atom. The van der Waals surface area contributed by atoms with E-state index in [-0.39, 0.29) is 0 Å². The number of benzene rings is 1. The van der Waals surface area contributed by atoms with Crippen LogP contribution in [0.5, 0.6) is 0 Å². The first-order chi connectivity index (χ1) is 8.24. The van der Waals surface area contributed by atoms with E-state index in [1.54, 1.807) is 6.07 Å². The van der Waals surface area contributed by atoms with Crippen molar-refractivity contribution in [3.05, 3.63) is 47.1 Å². The SMILES string of the molecule is Nc1cc(Cl)nc(N2CCc3ccccc32)c1. The van der Waals surface area contributed by atoms with Crippen LogP contribution in [0.4, 0.5) is 17.2 Å². The molecule has 2 heterocycles. The number of aromatic nitrogens is 1. The molecule has 86 valence electrons. The molecule has 0 saturated carbocycles. The van der Waals surface area contributed by atoms with Gasteiger partial charge < -0.3 is 10.6 Å². The summed E-state index contributed by atoms with van der Waals surface area (Å²) in [4.78, 5) is 6.48. The molecule has 1 aromatic heterocycles. The molecule has 0 aliphatic carbocycles. The van der Waals surface area contributed by atoms with Gasteiger partial charge >= 0.3 is 0 Å². The molecule has 0 atom stereocenters. The highest BCUT2D eigenvalue weighted by Crippen LogP contribution is 2.34. The number of hydrogen-bond acceptors (Lipinski definition) is 3. The van der Waals surface area contributed by atoms with Crippen LogP contribution in [0.25, 0.3) is 0 Å². The summed E-state index contributed by atoms with van der Waals surface area (Å²) in [6.07, 6.45) is 1.03. The first-order valence-corrected chi connectivity index (χ1v) is 5.90. The van der Waals surface area contributed by atoms with Crippen LogP contribution in [-0.2, 0) is 6.42 Å². The van der Waals surface area contributed by atoms with E-state index in [9.17, 15) is 0 Å². The fraction of sp³-hybridized carbons (Fsp3) is 0.154. The minimum atomic E-state index is 0.435. The van der Waals surface area contributed by atoms with E-state index >= 15 is 0 Å². The van der Waals surface area contributed by atoms with E-state index in [2.05, 4.69) is 28.1 Å². The quantitative estimate of drug-likeness (QED) is 0.786. The van der Waals surface area contributed by atoms with Gasteiger partial charge in [0.1, 0.15) is 11.0 Å². The Balaban J connectivity index is 2.06. The monoisotopic (exact) mass is 245 g/mol. The molecule has 0 saturated heterocycles. The number of nitrogens with zero attached hydrogens (tertiary/aromatic N) is 2. The normalized spacial score (nSPS) is 13.8. The van der Waals surface area contributed by atoms with Gasteiger partial charge in [0.25, 0.3) is 0 Å². The smallest absolute Gasteiger partial charge is 0.136 e. The van der Waals surface area contributed by atoms with Gasteiger partial charge in [-0.2, -0.15) is 0 Å². The van der Waals surface area contributed by atoms with Gasteiger partial charge in [-0.05, 0) is 24.1 Å². The minimum absolute atomic E-state index is 0.435.